The first-order valence-electron chi connectivity index (χ1n) is 4.91. The highest BCUT2D eigenvalue weighted by Gasteiger charge is 2.40. The molecule has 1 rings (SSSR count). The SMILES string of the molecule is CC1CN(S(=O)(=O)C(C)(C)C)CC1N. The van der Waals surface area contributed by atoms with Gasteiger partial charge in [-0.2, -0.15) is 4.31 Å². The molecule has 0 aromatic carbocycles. The smallest absolute Gasteiger partial charge is 0.219 e. The molecule has 2 unspecified atom stereocenters. The van der Waals surface area contributed by atoms with Crippen molar-refractivity contribution in [3.8, 4) is 0 Å². The Morgan fingerprint density at radius 2 is 1.79 bits per heavy atom. The monoisotopic (exact) mass is 220 g/mol. The largest absolute Gasteiger partial charge is 0.326 e. The van der Waals surface area contributed by atoms with Gasteiger partial charge in [0.1, 0.15) is 0 Å². The Labute approximate surface area is 86.5 Å². The summed E-state index contributed by atoms with van der Waals surface area (Å²) in [6, 6.07) is -0.0212. The van der Waals surface area contributed by atoms with Crippen LogP contribution < -0.4 is 5.73 Å². The molecule has 4 nitrogen and oxygen atoms in total. The lowest BCUT2D eigenvalue weighted by Crippen LogP contribution is -2.42. The van der Waals surface area contributed by atoms with Gasteiger partial charge in [0, 0.05) is 19.1 Å². The Morgan fingerprint density at radius 1 is 1.29 bits per heavy atom. The fourth-order valence-electron chi connectivity index (χ4n) is 1.53. The van der Waals surface area contributed by atoms with Crippen LogP contribution in [0.4, 0.5) is 0 Å². The first-order chi connectivity index (χ1) is 6.16. The Morgan fingerprint density at radius 3 is 2.07 bits per heavy atom. The standard InChI is InChI=1S/C9H20N2O2S/c1-7-5-11(6-8(7)10)14(12,13)9(2,3)4/h7-8H,5-6,10H2,1-4H3. The zero-order chi connectivity index (χ0) is 11.1. The highest BCUT2D eigenvalue weighted by atomic mass is 32.2. The molecule has 5 heteroatoms. The minimum atomic E-state index is -3.19. The van der Waals surface area contributed by atoms with Crippen molar-refractivity contribution in [2.75, 3.05) is 13.1 Å². The van der Waals surface area contributed by atoms with Crippen LogP contribution in [0.25, 0.3) is 0 Å². The maximum Gasteiger partial charge on any atom is 0.219 e. The summed E-state index contributed by atoms with van der Waals surface area (Å²) in [5, 5.41) is 0. The predicted octanol–water partition coefficient (Wildman–Crippen LogP) is 0.394. The van der Waals surface area contributed by atoms with Crippen molar-refractivity contribution in [3.05, 3.63) is 0 Å². The molecule has 2 N–H and O–H groups in total. The van der Waals surface area contributed by atoms with Gasteiger partial charge in [-0.25, -0.2) is 8.42 Å². The molecular weight excluding hydrogens is 200 g/mol. The number of sulfonamides is 1. The molecule has 0 saturated carbocycles. The van der Waals surface area contributed by atoms with Crippen molar-refractivity contribution < 1.29 is 8.42 Å². The van der Waals surface area contributed by atoms with E-state index < -0.39 is 14.8 Å². The summed E-state index contributed by atoms with van der Waals surface area (Å²) in [5.74, 6) is 0.257. The molecule has 0 radical (unpaired) electrons. The van der Waals surface area contributed by atoms with Crippen molar-refractivity contribution in [3.63, 3.8) is 0 Å². The van der Waals surface area contributed by atoms with E-state index >= 15 is 0 Å². The van der Waals surface area contributed by atoms with Gasteiger partial charge in [-0.1, -0.05) is 6.92 Å². The molecule has 0 spiro atoms. The Balaban J connectivity index is 2.88. The maximum atomic E-state index is 12.0. The molecule has 1 heterocycles. The van der Waals surface area contributed by atoms with Crippen LogP contribution in [-0.2, 0) is 10.0 Å². The Hall–Kier alpha value is -0.130. The van der Waals surface area contributed by atoms with E-state index in [1.807, 2.05) is 6.92 Å². The van der Waals surface area contributed by atoms with Crippen LogP contribution in [0.3, 0.4) is 0 Å². The molecule has 84 valence electrons. The van der Waals surface area contributed by atoms with Crippen LogP contribution in [0.15, 0.2) is 0 Å². The molecule has 0 bridgehead atoms. The van der Waals surface area contributed by atoms with Gasteiger partial charge in [-0.05, 0) is 26.7 Å². The van der Waals surface area contributed by atoms with Gasteiger partial charge in [0.25, 0.3) is 0 Å². The second-order valence-electron chi connectivity index (χ2n) is 5.08. The predicted molar refractivity (Wildman–Crippen MR) is 57.4 cm³/mol. The third kappa shape index (κ3) is 1.94. The van der Waals surface area contributed by atoms with Gasteiger partial charge in [-0.3, -0.25) is 0 Å². The van der Waals surface area contributed by atoms with Crippen molar-refractivity contribution in [2.24, 2.45) is 11.7 Å². The summed E-state index contributed by atoms with van der Waals surface area (Å²) in [4.78, 5) is 0. The van der Waals surface area contributed by atoms with Crippen molar-refractivity contribution in [2.45, 2.75) is 38.5 Å². The molecule has 14 heavy (non-hydrogen) atoms. The van der Waals surface area contributed by atoms with Crippen LogP contribution in [0.1, 0.15) is 27.7 Å². The third-order valence-electron chi connectivity index (χ3n) is 2.75. The Kier molecular flexibility index (Phi) is 2.96. The van der Waals surface area contributed by atoms with Gasteiger partial charge in [0.2, 0.25) is 10.0 Å². The minimum Gasteiger partial charge on any atom is -0.326 e. The molecule has 1 fully saturated rings. The summed E-state index contributed by atoms with van der Waals surface area (Å²) < 4.78 is 24.8. The van der Waals surface area contributed by atoms with Crippen LogP contribution >= 0.6 is 0 Å². The summed E-state index contributed by atoms with van der Waals surface area (Å²) in [6.07, 6.45) is 0. The van der Waals surface area contributed by atoms with E-state index in [1.54, 1.807) is 20.8 Å². The lowest BCUT2D eigenvalue weighted by Gasteiger charge is -2.26. The van der Waals surface area contributed by atoms with Gasteiger partial charge >= 0.3 is 0 Å². The van der Waals surface area contributed by atoms with Gasteiger partial charge in [0.05, 0.1) is 4.75 Å². The zero-order valence-electron chi connectivity index (χ0n) is 9.32. The fourth-order valence-corrected chi connectivity index (χ4v) is 3.10. The first kappa shape index (κ1) is 11.9. The molecule has 1 saturated heterocycles. The molecule has 0 aromatic rings. The number of nitrogens with two attached hydrogens (primary N) is 1. The van der Waals surface area contributed by atoms with E-state index in [0.29, 0.717) is 13.1 Å². The van der Waals surface area contributed by atoms with E-state index in [9.17, 15) is 8.42 Å². The second kappa shape index (κ2) is 3.47. The molecule has 0 aromatic heterocycles. The first-order valence-corrected chi connectivity index (χ1v) is 6.35. The van der Waals surface area contributed by atoms with Gasteiger partial charge in [0.15, 0.2) is 0 Å². The van der Waals surface area contributed by atoms with Crippen molar-refractivity contribution in [1.29, 1.82) is 0 Å². The normalized spacial score (nSPS) is 30.9. The molecule has 0 aliphatic carbocycles. The zero-order valence-corrected chi connectivity index (χ0v) is 10.1. The highest BCUT2D eigenvalue weighted by molar-refractivity contribution is 7.90. The average Bonchev–Trinajstić information content (AvgIpc) is 2.30. The summed E-state index contributed by atoms with van der Waals surface area (Å²) in [6.45, 7) is 8.16. The fraction of sp³-hybridized carbons (Fsp3) is 1.00. The number of nitrogens with zero attached hydrogens (tertiary/aromatic N) is 1. The van der Waals surface area contributed by atoms with E-state index in [4.69, 9.17) is 5.73 Å². The van der Waals surface area contributed by atoms with Crippen molar-refractivity contribution >= 4 is 10.0 Å². The summed E-state index contributed by atoms with van der Waals surface area (Å²) in [5.41, 5.74) is 5.80. The molecular formula is C9H20N2O2S. The molecule has 1 aliphatic heterocycles. The van der Waals surface area contributed by atoms with Crippen LogP contribution in [0.2, 0.25) is 0 Å². The lowest BCUT2D eigenvalue weighted by atomic mass is 10.1. The second-order valence-corrected chi connectivity index (χ2v) is 7.77. The van der Waals surface area contributed by atoms with E-state index in [-0.39, 0.29) is 12.0 Å². The third-order valence-corrected chi connectivity index (χ3v) is 5.28. The van der Waals surface area contributed by atoms with Gasteiger partial charge < -0.3 is 5.73 Å². The van der Waals surface area contributed by atoms with Crippen LogP contribution in [-0.4, -0.2) is 36.6 Å². The van der Waals surface area contributed by atoms with Crippen LogP contribution in [0, 0.1) is 5.92 Å². The van der Waals surface area contributed by atoms with Crippen LogP contribution in [0.5, 0.6) is 0 Å². The average molecular weight is 220 g/mol. The number of hydrogen-bond donors (Lipinski definition) is 1. The molecule has 1 aliphatic rings. The summed E-state index contributed by atoms with van der Waals surface area (Å²) in [7, 11) is -3.19. The van der Waals surface area contributed by atoms with E-state index in [0.717, 1.165) is 0 Å². The van der Waals surface area contributed by atoms with Gasteiger partial charge in [-0.15, -0.1) is 0 Å². The summed E-state index contributed by atoms with van der Waals surface area (Å²) >= 11 is 0. The number of rotatable bonds is 1. The quantitative estimate of drug-likeness (QED) is 0.695. The topological polar surface area (TPSA) is 63.4 Å². The van der Waals surface area contributed by atoms with E-state index in [1.165, 1.54) is 4.31 Å². The van der Waals surface area contributed by atoms with E-state index in [2.05, 4.69) is 0 Å². The lowest BCUT2D eigenvalue weighted by molar-refractivity contribution is 0.440. The molecule has 0 amide bonds. The number of hydrogen-bond acceptors (Lipinski definition) is 3. The Bertz CT molecular complexity index is 295. The minimum absolute atomic E-state index is 0.0212. The maximum absolute atomic E-state index is 12.0. The highest BCUT2D eigenvalue weighted by Crippen LogP contribution is 2.26. The van der Waals surface area contributed by atoms with Crippen molar-refractivity contribution in [1.82, 2.24) is 4.31 Å². The molecule has 2 atom stereocenters.